The molecule has 3 N–H and O–H groups in total. The number of nitrogens with two attached hydrogens (primary N) is 1. The van der Waals surface area contributed by atoms with Crippen LogP contribution >= 0.6 is 0 Å². The summed E-state index contributed by atoms with van der Waals surface area (Å²) < 4.78 is 11.9. The molecule has 0 fully saturated rings. The van der Waals surface area contributed by atoms with Crippen LogP contribution in [0.1, 0.15) is 17.4 Å². The largest absolute Gasteiger partial charge is 0.354 e. The number of aromatic nitrogens is 2. The van der Waals surface area contributed by atoms with Gasteiger partial charge in [0.2, 0.25) is 0 Å². The number of carbonyl (C=O) groups excluding carboxylic acids is 1. The number of imidazole rings is 1. The van der Waals surface area contributed by atoms with E-state index in [-0.39, 0.29) is 11.9 Å². The molecule has 1 amide bonds. The molecule has 0 aliphatic heterocycles. The molecule has 18 heavy (non-hydrogen) atoms. The van der Waals surface area contributed by atoms with Gasteiger partial charge in [-0.3, -0.25) is 4.79 Å². The number of methoxy groups -OCH3 is 2. The van der Waals surface area contributed by atoms with Gasteiger partial charge in [0.1, 0.15) is 5.69 Å². The lowest BCUT2D eigenvalue weighted by atomic mass is 10.3. The Bertz CT molecular complexity index is 376. The predicted molar refractivity (Wildman–Crippen MR) is 66.0 cm³/mol. The second kappa shape index (κ2) is 7.10. The summed E-state index contributed by atoms with van der Waals surface area (Å²) in [5.41, 5.74) is 5.77. The summed E-state index contributed by atoms with van der Waals surface area (Å²) in [6.45, 7) is 2.93. The molecule has 1 aromatic heterocycles. The summed E-state index contributed by atoms with van der Waals surface area (Å²) in [5.74, 6) is -0.266. The van der Waals surface area contributed by atoms with Gasteiger partial charge < -0.3 is 25.1 Å². The smallest absolute Gasteiger partial charge is 0.271 e. The number of ether oxygens (including phenoxy) is 2. The van der Waals surface area contributed by atoms with Crippen molar-refractivity contribution in [3.05, 3.63) is 18.2 Å². The van der Waals surface area contributed by atoms with Crippen LogP contribution in [0.15, 0.2) is 12.5 Å². The fraction of sp³-hybridized carbons (Fsp3) is 0.636. The lowest BCUT2D eigenvalue weighted by molar-refractivity contribution is -0.117. The van der Waals surface area contributed by atoms with Gasteiger partial charge in [0.15, 0.2) is 6.29 Å². The minimum absolute atomic E-state index is 0.266. The molecular formula is C11H20N4O3. The zero-order valence-corrected chi connectivity index (χ0v) is 10.9. The van der Waals surface area contributed by atoms with Crippen molar-refractivity contribution in [2.75, 3.05) is 20.8 Å². The number of hydrogen-bond donors (Lipinski definition) is 2. The van der Waals surface area contributed by atoms with Crippen molar-refractivity contribution in [3.63, 3.8) is 0 Å². The Labute approximate surface area is 106 Å². The first-order valence-electron chi connectivity index (χ1n) is 5.70. The first-order valence-corrected chi connectivity index (χ1v) is 5.70. The van der Waals surface area contributed by atoms with Gasteiger partial charge >= 0.3 is 0 Å². The van der Waals surface area contributed by atoms with E-state index in [0.717, 1.165) is 0 Å². The molecule has 0 radical (unpaired) electrons. The van der Waals surface area contributed by atoms with Gasteiger partial charge in [0.25, 0.3) is 5.91 Å². The van der Waals surface area contributed by atoms with E-state index in [1.165, 1.54) is 14.2 Å². The first kappa shape index (κ1) is 14.6. The van der Waals surface area contributed by atoms with Crippen molar-refractivity contribution in [2.24, 2.45) is 5.73 Å². The Morgan fingerprint density at radius 2 is 2.22 bits per heavy atom. The summed E-state index contributed by atoms with van der Waals surface area (Å²) >= 11 is 0. The first-order chi connectivity index (χ1) is 8.62. The van der Waals surface area contributed by atoms with E-state index in [1.54, 1.807) is 24.0 Å². The molecule has 0 aromatic carbocycles. The molecular weight excluding hydrogens is 236 g/mol. The molecule has 1 unspecified atom stereocenters. The monoisotopic (exact) mass is 256 g/mol. The minimum Gasteiger partial charge on any atom is -0.354 e. The van der Waals surface area contributed by atoms with Gasteiger partial charge in [-0.2, -0.15) is 0 Å². The second-order valence-corrected chi connectivity index (χ2v) is 3.89. The van der Waals surface area contributed by atoms with Crippen molar-refractivity contribution in [3.8, 4) is 0 Å². The summed E-state index contributed by atoms with van der Waals surface area (Å²) in [7, 11) is 3.04. The Kier molecular flexibility index (Phi) is 5.76. The highest BCUT2D eigenvalue weighted by molar-refractivity contribution is 5.92. The van der Waals surface area contributed by atoms with E-state index in [2.05, 4.69) is 10.3 Å². The van der Waals surface area contributed by atoms with Crippen LogP contribution in [0.4, 0.5) is 0 Å². The van der Waals surface area contributed by atoms with Gasteiger partial charge in [-0.1, -0.05) is 0 Å². The molecule has 7 heteroatoms. The van der Waals surface area contributed by atoms with E-state index in [1.807, 2.05) is 0 Å². The molecule has 0 aliphatic rings. The van der Waals surface area contributed by atoms with E-state index >= 15 is 0 Å². The Morgan fingerprint density at radius 3 is 2.78 bits per heavy atom. The van der Waals surface area contributed by atoms with E-state index in [0.29, 0.717) is 18.8 Å². The summed E-state index contributed by atoms with van der Waals surface area (Å²) in [4.78, 5) is 15.9. The zero-order chi connectivity index (χ0) is 13.5. The predicted octanol–water partition coefficient (Wildman–Crippen LogP) is -0.421. The van der Waals surface area contributed by atoms with Gasteiger partial charge in [0.05, 0.1) is 12.4 Å². The standard InChI is InChI=1S/C11H20N4O3/c1-8(11(17-2)18-3)14-10(16)9-6-15(5-4-12)7-13-9/h6-8,11H,4-5,12H2,1-3H3,(H,14,16). The highest BCUT2D eigenvalue weighted by atomic mass is 16.7. The van der Waals surface area contributed by atoms with Crippen LogP contribution in [0.25, 0.3) is 0 Å². The van der Waals surface area contributed by atoms with Gasteiger partial charge in [-0.15, -0.1) is 0 Å². The van der Waals surface area contributed by atoms with Crippen LogP contribution < -0.4 is 11.1 Å². The average Bonchev–Trinajstić information content (AvgIpc) is 2.79. The lowest BCUT2D eigenvalue weighted by Gasteiger charge is -2.21. The summed E-state index contributed by atoms with van der Waals surface area (Å²) in [5, 5.41) is 2.76. The molecule has 1 rings (SSSR count). The maximum Gasteiger partial charge on any atom is 0.271 e. The molecule has 102 valence electrons. The van der Waals surface area contributed by atoms with Crippen LogP contribution in [-0.4, -0.2) is 48.6 Å². The van der Waals surface area contributed by atoms with Crippen LogP contribution in [-0.2, 0) is 16.0 Å². The Balaban J connectivity index is 2.58. The number of nitrogens with zero attached hydrogens (tertiary/aromatic N) is 2. The number of hydrogen-bond acceptors (Lipinski definition) is 5. The second-order valence-electron chi connectivity index (χ2n) is 3.89. The summed E-state index contributed by atoms with van der Waals surface area (Å²) in [6.07, 6.45) is 2.75. The Hall–Kier alpha value is -1.44. The highest BCUT2D eigenvalue weighted by Crippen LogP contribution is 2.01. The third-order valence-corrected chi connectivity index (χ3v) is 2.48. The molecule has 0 aliphatic carbocycles. The molecule has 0 saturated carbocycles. The molecule has 7 nitrogen and oxygen atoms in total. The third-order valence-electron chi connectivity index (χ3n) is 2.48. The van der Waals surface area contributed by atoms with Crippen LogP contribution in [0.3, 0.4) is 0 Å². The van der Waals surface area contributed by atoms with Gasteiger partial charge in [-0.25, -0.2) is 4.98 Å². The molecule has 1 heterocycles. The number of rotatable bonds is 7. The molecule has 0 spiro atoms. The van der Waals surface area contributed by atoms with Crippen molar-refractivity contribution < 1.29 is 14.3 Å². The maximum absolute atomic E-state index is 11.9. The van der Waals surface area contributed by atoms with E-state index in [9.17, 15) is 4.79 Å². The zero-order valence-electron chi connectivity index (χ0n) is 10.9. The fourth-order valence-electron chi connectivity index (χ4n) is 1.60. The molecule has 0 saturated heterocycles. The van der Waals surface area contributed by atoms with Crippen LogP contribution in [0.5, 0.6) is 0 Å². The van der Waals surface area contributed by atoms with E-state index < -0.39 is 6.29 Å². The van der Waals surface area contributed by atoms with Crippen molar-refractivity contribution in [2.45, 2.75) is 25.8 Å². The van der Waals surface area contributed by atoms with Gasteiger partial charge in [-0.05, 0) is 6.92 Å². The van der Waals surface area contributed by atoms with Crippen molar-refractivity contribution >= 4 is 5.91 Å². The normalized spacial score (nSPS) is 12.7. The lowest BCUT2D eigenvalue weighted by Crippen LogP contribution is -2.43. The molecule has 1 atom stereocenters. The molecule has 0 bridgehead atoms. The Morgan fingerprint density at radius 1 is 1.56 bits per heavy atom. The topological polar surface area (TPSA) is 91.4 Å². The maximum atomic E-state index is 11.9. The van der Waals surface area contributed by atoms with E-state index in [4.69, 9.17) is 15.2 Å². The quantitative estimate of drug-likeness (QED) is 0.646. The average molecular weight is 256 g/mol. The highest BCUT2D eigenvalue weighted by Gasteiger charge is 2.19. The van der Waals surface area contributed by atoms with Crippen LogP contribution in [0, 0.1) is 0 Å². The number of amides is 1. The van der Waals surface area contributed by atoms with Crippen molar-refractivity contribution in [1.82, 2.24) is 14.9 Å². The van der Waals surface area contributed by atoms with Crippen LogP contribution in [0.2, 0.25) is 0 Å². The number of carbonyl (C=O) groups is 1. The number of nitrogens with one attached hydrogen (secondary N) is 1. The van der Waals surface area contributed by atoms with Crippen molar-refractivity contribution in [1.29, 1.82) is 0 Å². The minimum atomic E-state index is -0.486. The summed E-state index contributed by atoms with van der Waals surface area (Å²) in [6, 6.07) is -0.271. The SMILES string of the molecule is COC(OC)C(C)NC(=O)c1cn(CCN)cn1. The fourth-order valence-corrected chi connectivity index (χ4v) is 1.60. The van der Waals surface area contributed by atoms with Gasteiger partial charge in [0, 0.05) is 33.5 Å². The third kappa shape index (κ3) is 3.80. The molecule has 1 aromatic rings.